The summed E-state index contributed by atoms with van der Waals surface area (Å²) in [5.41, 5.74) is 0. The highest BCUT2D eigenvalue weighted by Crippen LogP contribution is 2.16. The fourth-order valence-electron chi connectivity index (χ4n) is 2.08. The lowest BCUT2D eigenvalue weighted by atomic mass is 9.97. The number of amides is 1. The number of likely N-dealkylation sites (tertiary alicyclic amines) is 1. The Morgan fingerprint density at radius 2 is 2.00 bits per heavy atom. The quantitative estimate of drug-likeness (QED) is 0.627. The maximum Gasteiger partial charge on any atom is 0.306 e. The predicted molar refractivity (Wildman–Crippen MR) is 73.4 cm³/mol. The molecule has 6 nitrogen and oxygen atoms in total. The van der Waals surface area contributed by atoms with Crippen molar-refractivity contribution in [2.45, 2.75) is 19.3 Å². The van der Waals surface area contributed by atoms with Crippen LogP contribution >= 0.6 is 0 Å². The van der Waals surface area contributed by atoms with E-state index in [2.05, 4.69) is 5.32 Å². The van der Waals surface area contributed by atoms with Crippen molar-refractivity contribution in [1.82, 2.24) is 10.2 Å². The summed E-state index contributed by atoms with van der Waals surface area (Å²) in [5, 5.41) is 11.9. The van der Waals surface area contributed by atoms with Gasteiger partial charge < -0.3 is 15.3 Å². The average molecular weight is 290 g/mol. The third kappa shape index (κ3) is 6.15. The topological polar surface area (TPSA) is 86.7 Å². The standard InChI is InChI=1S/C12H22N2O4S/c1-19(18)8-2-5-13-9-11(15)14-6-3-10(4-7-14)12(16)17/h10,13H,2-9H2,1H3,(H,16,17). The summed E-state index contributed by atoms with van der Waals surface area (Å²) < 4.78 is 10.8. The number of rotatable bonds is 7. The summed E-state index contributed by atoms with van der Waals surface area (Å²) in [4.78, 5) is 24.3. The molecule has 0 radical (unpaired) electrons. The number of carboxylic acid groups (broad SMARTS) is 1. The molecule has 0 aromatic heterocycles. The van der Waals surface area contributed by atoms with Crippen molar-refractivity contribution < 1.29 is 18.9 Å². The van der Waals surface area contributed by atoms with E-state index in [-0.39, 0.29) is 18.4 Å². The first-order valence-electron chi connectivity index (χ1n) is 6.52. The van der Waals surface area contributed by atoms with Gasteiger partial charge in [0.15, 0.2) is 0 Å². The van der Waals surface area contributed by atoms with Gasteiger partial charge in [0.05, 0.1) is 12.5 Å². The third-order valence-electron chi connectivity index (χ3n) is 3.26. The molecule has 0 bridgehead atoms. The van der Waals surface area contributed by atoms with Crippen molar-refractivity contribution in [3.05, 3.63) is 0 Å². The van der Waals surface area contributed by atoms with Crippen LogP contribution in [0, 0.1) is 5.92 Å². The summed E-state index contributed by atoms with van der Waals surface area (Å²) in [6, 6.07) is 0. The van der Waals surface area contributed by atoms with Crippen molar-refractivity contribution >= 4 is 22.7 Å². The molecule has 1 rings (SSSR count). The lowest BCUT2D eigenvalue weighted by Gasteiger charge is -2.30. The first-order valence-corrected chi connectivity index (χ1v) is 8.24. The van der Waals surface area contributed by atoms with Gasteiger partial charge >= 0.3 is 5.97 Å². The van der Waals surface area contributed by atoms with E-state index in [4.69, 9.17) is 5.11 Å². The van der Waals surface area contributed by atoms with Gasteiger partial charge in [0, 0.05) is 35.9 Å². The smallest absolute Gasteiger partial charge is 0.306 e. The number of hydrogen-bond acceptors (Lipinski definition) is 4. The normalized spacial score (nSPS) is 18.3. The van der Waals surface area contributed by atoms with Crippen LogP contribution in [0.5, 0.6) is 0 Å². The van der Waals surface area contributed by atoms with Gasteiger partial charge in [-0.2, -0.15) is 0 Å². The van der Waals surface area contributed by atoms with Crippen LogP contribution in [0.1, 0.15) is 19.3 Å². The molecule has 1 heterocycles. The zero-order valence-corrected chi connectivity index (χ0v) is 12.1. The van der Waals surface area contributed by atoms with Gasteiger partial charge in [-0.3, -0.25) is 13.8 Å². The summed E-state index contributed by atoms with van der Waals surface area (Å²) >= 11 is 0. The maximum atomic E-state index is 11.8. The van der Waals surface area contributed by atoms with Gasteiger partial charge in [-0.25, -0.2) is 0 Å². The van der Waals surface area contributed by atoms with Crippen LogP contribution in [0.2, 0.25) is 0 Å². The molecule has 0 spiro atoms. The molecular weight excluding hydrogens is 268 g/mol. The predicted octanol–water partition coefficient (Wildman–Crippen LogP) is -0.332. The fraction of sp³-hybridized carbons (Fsp3) is 0.833. The minimum Gasteiger partial charge on any atom is -0.481 e. The van der Waals surface area contributed by atoms with Crippen molar-refractivity contribution in [1.29, 1.82) is 0 Å². The number of piperidine rings is 1. The lowest BCUT2D eigenvalue weighted by Crippen LogP contribution is -2.44. The molecule has 1 aliphatic rings. The Balaban J connectivity index is 2.14. The first-order chi connectivity index (χ1) is 9.00. The van der Waals surface area contributed by atoms with E-state index in [1.54, 1.807) is 11.2 Å². The van der Waals surface area contributed by atoms with E-state index in [0.717, 1.165) is 6.42 Å². The SMILES string of the molecule is CS(=O)CCCNCC(=O)N1CCC(C(=O)O)CC1. The molecule has 1 saturated heterocycles. The summed E-state index contributed by atoms with van der Waals surface area (Å²) in [5.74, 6) is -0.415. The monoisotopic (exact) mass is 290 g/mol. The second-order valence-corrected chi connectivity index (χ2v) is 6.36. The molecule has 0 saturated carbocycles. The Morgan fingerprint density at radius 3 is 2.53 bits per heavy atom. The number of nitrogens with zero attached hydrogens (tertiary/aromatic N) is 1. The fourth-order valence-corrected chi connectivity index (χ4v) is 2.63. The van der Waals surface area contributed by atoms with E-state index in [0.29, 0.717) is 38.2 Å². The molecule has 110 valence electrons. The molecule has 1 amide bonds. The van der Waals surface area contributed by atoms with Gasteiger partial charge in [-0.1, -0.05) is 0 Å². The minimum atomic E-state index is -0.784. The molecule has 0 aromatic rings. The van der Waals surface area contributed by atoms with Crippen molar-refractivity contribution in [3.8, 4) is 0 Å². The molecule has 0 aromatic carbocycles. The zero-order chi connectivity index (χ0) is 14.3. The molecular formula is C12H22N2O4S. The number of aliphatic carboxylic acids is 1. The van der Waals surface area contributed by atoms with E-state index in [1.165, 1.54) is 0 Å². The molecule has 1 unspecified atom stereocenters. The Bertz CT molecular complexity index is 341. The van der Waals surface area contributed by atoms with Crippen LogP contribution in [-0.2, 0) is 20.4 Å². The highest BCUT2D eigenvalue weighted by atomic mass is 32.2. The Morgan fingerprint density at radius 1 is 1.37 bits per heavy atom. The largest absolute Gasteiger partial charge is 0.481 e. The third-order valence-corrected chi connectivity index (χ3v) is 4.12. The van der Waals surface area contributed by atoms with Crippen LogP contribution in [-0.4, -0.2) is 64.3 Å². The Hall–Kier alpha value is -0.950. The van der Waals surface area contributed by atoms with Gasteiger partial charge in [0.2, 0.25) is 5.91 Å². The van der Waals surface area contributed by atoms with Gasteiger partial charge in [-0.15, -0.1) is 0 Å². The Kier molecular flexibility index (Phi) is 7.01. The van der Waals surface area contributed by atoms with Crippen molar-refractivity contribution in [2.75, 3.05) is 38.2 Å². The number of carbonyl (C=O) groups excluding carboxylic acids is 1. The summed E-state index contributed by atoms with van der Waals surface area (Å²) in [6.07, 6.45) is 3.53. The second-order valence-electron chi connectivity index (χ2n) is 4.80. The Labute approximate surface area is 116 Å². The molecule has 0 aliphatic carbocycles. The lowest BCUT2D eigenvalue weighted by molar-refractivity contribution is -0.145. The number of hydrogen-bond donors (Lipinski definition) is 2. The molecule has 1 atom stereocenters. The highest BCUT2D eigenvalue weighted by Gasteiger charge is 2.26. The number of nitrogens with one attached hydrogen (secondary N) is 1. The summed E-state index contributed by atoms with van der Waals surface area (Å²) in [7, 11) is -0.784. The second kappa shape index (κ2) is 8.27. The van der Waals surface area contributed by atoms with Crippen molar-refractivity contribution in [3.63, 3.8) is 0 Å². The van der Waals surface area contributed by atoms with Gasteiger partial charge in [-0.05, 0) is 25.8 Å². The van der Waals surface area contributed by atoms with E-state index in [1.807, 2.05) is 0 Å². The zero-order valence-electron chi connectivity index (χ0n) is 11.3. The molecule has 1 fully saturated rings. The number of carboxylic acids is 1. The van der Waals surface area contributed by atoms with Crippen LogP contribution in [0.15, 0.2) is 0 Å². The van der Waals surface area contributed by atoms with Gasteiger partial charge in [0.25, 0.3) is 0 Å². The molecule has 2 N–H and O–H groups in total. The van der Waals surface area contributed by atoms with E-state index < -0.39 is 16.8 Å². The maximum absolute atomic E-state index is 11.8. The summed E-state index contributed by atoms with van der Waals surface area (Å²) in [6.45, 7) is 2.00. The van der Waals surface area contributed by atoms with Crippen LogP contribution in [0.3, 0.4) is 0 Å². The highest BCUT2D eigenvalue weighted by molar-refractivity contribution is 7.84. The van der Waals surface area contributed by atoms with Crippen molar-refractivity contribution in [2.24, 2.45) is 5.92 Å². The van der Waals surface area contributed by atoms with Crippen LogP contribution < -0.4 is 5.32 Å². The van der Waals surface area contributed by atoms with E-state index >= 15 is 0 Å². The minimum absolute atomic E-state index is 0.0152. The molecule has 1 aliphatic heterocycles. The van der Waals surface area contributed by atoms with Gasteiger partial charge in [0.1, 0.15) is 0 Å². The first kappa shape index (κ1) is 16.1. The average Bonchev–Trinajstić information content (AvgIpc) is 2.37. The van der Waals surface area contributed by atoms with Crippen LogP contribution in [0.25, 0.3) is 0 Å². The molecule has 7 heteroatoms. The molecule has 19 heavy (non-hydrogen) atoms. The van der Waals surface area contributed by atoms with Crippen LogP contribution in [0.4, 0.5) is 0 Å². The number of carbonyl (C=O) groups is 2. The van der Waals surface area contributed by atoms with E-state index in [9.17, 15) is 13.8 Å².